The minimum atomic E-state index is -0.809. The third-order valence-electron chi connectivity index (χ3n) is 2.99. The highest BCUT2D eigenvalue weighted by Crippen LogP contribution is 2.38. The molecule has 0 spiro atoms. The van der Waals surface area contributed by atoms with E-state index in [-0.39, 0.29) is 28.2 Å². The summed E-state index contributed by atoms with van der Waals surface area (Å²) < 4.78 is 0. The van der Waals surface area contributed by atoms with Crippen LogP contribution in [-0.2, 0) is 0 Å². The van der Waals surface area contributed by atoms with Crippen LogP contribution in [0.5, 0.6) is 28.7 Å². The largest absolute Gasteiger partial charge is 0.508 e. The van der Waals surface area contributed by atoms with E-state index in [4.69, 9.17) is 0 Å². The van der Waals surface area contributed by atoms with E-state index in [2.05, 4.69) is 0 Å². The van der Waals surface area contributed by atoms with E-state index in [0.29, 0.717) is 0 Å². The van der Waals surface area contributed by atoms with Crippen molar-refractivity contribution in [3.8, 4) is 28.7 Å². The summed E-state index contributed by atoms with van der Waals surface area (Å²) in [6.45, 7) is 1.47. The summed E-state index contributed by atoms with van der Waals surface area (Å²) >= 11 is 0. The number of hydrogen-bond acceptors (Lipinski definition) is 6. The van der Waals surface area contributed by atoms with Crippen LogP contribution in [0.15, 0.2) is 24.3 Å². The molecule has 0 aromatic heterocycles. The van der Waals surface area contributed by atoms with Crippen LogP contribution in [0.1, 0.15) is 21.5 Å². The van der Waals surface area contributed by atoms with Crippen LogP contribution >= 0.6 is 0 Å². The van der Waals surface area contributed by atoms with E-state index >= 15 is 0 Å². The zero-order chi connectivity index (χ0) is 15.0. The molecule has 2 rings (SSSR count). The first-order valence-electron chi connectivity index (χ1n) is 5.64. The number of aromatic hydroxyl groups is 5. The number of phenolic OH excluding ortho intramolecular Hbond substituents is 5. The Morgan fingerprint density at radius 2 is 1.40 bits per heavy atom. The molecule has 20 heavy (non-hydrogen) atoms. The summed E-state index contributed by atoms with van der Waals surface area (Å²) in [6.07, 6.45) is 0. The quantitative estimate of drug-likeness (QED) is 0.421. The van der Waals surface area contributed by atoms with Crippen molar-refractivity contribution >= 4 is 5.78 Å². The highest BCUT2D eigenvalue weighted by atomic mass is 16.3. The number of phenols is 5. The molecule has 6 heteroatoms. The molecular weight excluding hydrogens is 264 g/mol. The van der Waals surface area contributed by atoms with Gasteiger partial charge >= 0.3 is 0 Å². The maximum Gasteiger partial charge on any atom is 0.201 e. The Labute approximate surface area is 113 Å². The molecule has 0 aliphatic rings. The van der Waals surface area contributed by atoms with Crippen LogP contribution in [0.3, 0.4) is 0 Å². The first-order chi connectivity index (χ1) is 9.32. The average molecular weight is 276 g/mol. The van der Waals surface area contributed by atoms with Gasteiger partial charge in [-0.1, -0.05) is 0 Å². The molecule has 0 atom stereocenters. The standard InChI is InChI=1S/C14H12O6/c1-6-10(16)4-7(5-11(6)17)12(18)8-2-3-9(15)14(20)13(8)19/h2-5,15-17,19-20H,1H3. The molecule has 104 valence electrons. The van der Waals surface area contributed by atoms with Gasteiger partial charge in [-0.25, -0.2) is 0 Å². The maximum atomic E-state index is 12.2. The number of benzene rings is 2. The molecule has 0 radical (unpaired) electrons. The van der Waals surface area contributed by atoms with Crippen molar-refractivity contribution in [3.05, 3.63) is 41.0 Å². The number of carbonyl (C=O) groups excluding carboxylic acids is 1. The average Bonchev–Trinajstić information content (AvgIpc) is 2.41. The Morgan fingerprint density at radius 1 is 0.850 bits per heavy atom. The predicted octanol–water partition coefficient (Wildman–Crippen LogP) is 1.75. The third kappa shape index (κ3) is 2.07. The van der Waals surface area contributed by atoms with Gasteiger partial charge in [0.15, 0.2) is 17.3 Å². The molecule has 0 heterocycles. The number of hydrogen-bond donors (Lipinski definition) is 5. The second-order valence-corrected chi connectivity index (χ2v) is 4.30. The lowest BCUT2D eigenvalue weighted by Crippen LogP contribution is -2.02. The molecule has 6 nitrogen and oxygen atoms in total. The zero-order valence-electron chi connectivity index (χ0n) is 10.5. The summed E-state index contributed by atoms with van der Waals surface area (Å²) in [5.74, 6) is -3.39. The minimum Gasteiger partial charge on any atom is -0.508 e. The Kier molecular flexibility index (Phi) is 3.15. The zero-order valence-corrected chi connectivity index (χ0v) is 10.5. The Bertz CT molecular complexity index is 682. The Balaban J connectivity index is 2.55. The van der Waals surface area contributed by atoms with E-state index in [0.717, 1.165) is 24.3 Å². The molecule has 0 aliphatic carbocycles. The van der Waals surface area contributed by atoms with Crippen LogP contribution in [0.25, 0.3) is 0 Å². The van der Waals surface area contributed by atoms with Crippen LogP contribution in [0, 0.1) is 6.92 Å². The predicted molar refractivity (Wildman–Crippen MR) is 69.4 cm³/mol. The molecule has 0 bridgehead atoms. The molecule has 0 unspecified atom stereocenters. The number of rotatable bonds is 2. The monoisotopic (exact) mass is 276 g/mol. The van der Waals surface area contributed by atoms with Gasteiger partial charge in [0.05, 0.1) is 5.56 Å². The second-order valence-electron chi connectivity index (χ2n) is 4.30. The van der Waals surface area contributed by atoms with E-state index in [1.165, 1.54) is 6.92 Å². The van der Waals surface area contributed by atoms with Crippen molar-refractivity contribution in [1.29, 1.82) is 0 Å². The van der Waals surface area contributed by atoms with Crippen molar-refractivity contribution < 1.29 is 30.3 Å². The van der Waals surface area contributed by atoms with Gasteiger partial charge in [0.1, 0.15) is 11.5 Å². The van der Waals surface area contributed by atoms with Crippen LogP contribution < -0.4 is 0 Å². The lowest BCUT2D eigenvalue weighted by atomic mass is 9.99. The van der Waals surface area contributed by atoms with Crippen molar-refractivity contribution in [2.45, 2.75) is 6.92 Å². The van der Waals surface area contributed by atoms with Crippen molar-refractivity contribution in [2.75, 3.05) is 0 Å². The van der Waals surface area contributed by atoms with Crippen molar-refractivity contribution in [3.63, 3.8) is 0 Å². The summed E-state index contributed by atoms with van der Waals surface area (Å²) in [5.41, 5.74) is -0.103. The molecular formula is C14H12O6. The minimum absolute atomic E-state index is 0.0639. The summed E-state index contributed by atoms with van der Waals surface area (Å²) in [4.78, 5) is 12.2. The van der Waals surface area contributed by atoms with Gasteiger partial charge in [-0.3, -0.25) is 4.79 Å². The van der Waals surface area contributed by atoms with E-state index in [1.54, 1.807) is 0 Å². The fourth-order valence-electron chi connectivity index (χ4n) is 1.72. The first-order valence-corrected chi connectivity index (χ1v) is 5.64. The van der Waals surface area contributed by atoms with Crippen LogP contribution in [0.4, 0.5) is 0 Å². The van der Waals surface area contributed by atoms with Crippen molar-refractivity contribution in [2.24, 2.45) is 0 Å². The molecule has 2 aromatic rings. The van der Waals surface area contributed by atoms with Crippen molar-refractivity contribution in [1.82, 2.24) is 0 Å². The fourth-order valence-corrected chi connectivity index (χ4v) is 1.72. The maximum absolute atomic E-state index is 12.2. The summed E-state index contributed by atoms with van der Waals surface area (Å²) in [6, 6.07) is 4.46. The topological polar surface area (TPSA) is 118 Å². The molecule has 2 aromatic carbocycles. The number of carbonyl (C=O) groups is 1. The van der Waals surface area contributed by atoms with E-state index < -0.39 is 23.0 Å². The number of ketones is 1. The SMILES string of the molecule is Cc1c(O)cc(C(=O)c2ccc(O)c(O)c2O)cc1O. The van der Waals surface area contributed by atoms with E-state index in [9.17, 15) is 30.3 Å². The van der Waals surface area contributed by atoms with E-state index in [1.807, 2.05) is 0 Å². The van der Waals surface area contributed by atoms with Gasteiger partial charge in [0.25, 0.3) is 0 Å². The molecule has 0 saturated carbocycles. The highest BCUT2D eigenvalue weighted by molar-refractivity contribution is 6.11. The molecule has 0 fully saturated rings. The fraction of sp³-hybridized carbons (Fsp3) is 0.0714. The Morgan fingerprint density at radius 3 is 1.95 bits per heavy atom. The van der Waals surface area contributed by atoms with Gasteiger partial charge in [-0.15, -0.1) is 0 Å². The summed E-state index contributed by atoms with van der Waals surface area (Å²) in [7, 11) is 0. The molecule has 0 aliphatic heterocycles. The second kappa shape index (κ2) is 4.65. The van der Waals surface area contributed by atoms with Gasteiger partial charge < -0.3 is 25.5 Å². The van der Waals surface area contributed by atoms with Gasteiger partial charge in [0, 0.05) is 11.1 Å². The van der Waals surface area contributed by atoms with Gasteiger partial charge in [-0.2, -0.15) is 0 Å². The lowest BCUT2D eigenvalue weighted by Gasteiger charge is -2.09. The van der Waals surface area contributed by atoms with Gasteiger partial charge in [0.2, 0.25) is 5.75 Å². The Hall–Kier alpha value is -2.89. The summed E-state index contributed by atoms with van der Waals surface area (Å²) in [5, 5.41) is 47.4. The van der Waals surface area contributed by atoms with Crippen LogP contribution in [0.2, 0.25) is 0 Å². The highest BCUT2D eigenvalue weighted by Gasteiger charge is 2.20. The normalized spacial score (nSPS) is 10.4. The van der Waals surface area contributed by atoms with Gasteiger partial charge in [-0.05, 0) is 31.2 Å². The smallest absolute Gasteiger partial charge is 0.201 e. The first kappa shape index (κ1) is 13.5. The lowest BCUT2D eigenvalue weighted by molar-refractivity contribution is 0.103. The van der Waals surface area contributed by atoms with Crippen LogP contribution in [-0.4, -0.2) is 31.3 Å². The molecule has 0 amide bonds. The molecule has 0 saturated heterocycles. The third-order valence-corrected chi connectivity index (χ3v) is 2.99. The molecule has 5 N–H and O–H groups in total.